The van der Waals surface area contributed by atoms with E-state index >= 15 is 0 Å². The van der Waals surface area contributed by atoms with Gasteiger partial charge in [0.05, 0.1) is 6.61 Å². The number of ether oxygens (including phenoxy) is 1. The molecule has 1 aliphatic heterocycles. The number of rotatable bonds is 4. The first kappa shape index (κ1) is 12.3. The number of nitrogens with zero attached hydrogens (tertiary/aromatic N) is 2. The highest BCUT2D eigenvalue weighted by atomic mass is 19.1. The molecule has 0 spiro atoms. The molecule has 2 heterocycles. The maximum Gasteiger partial charge on any atom is 0.214 e. The van der Waals surface area contributed by atoms with E-state index < -0.39 is 5.95 Å². The molecule has 1 fully saturated rings. The van der Waals surface area contributed by atoms with Crippen molar-refractivity contribution in [2.24, 2.45) is 5.92 Å². The Kier molecular flexibility index (Phi) is 4.31. The number of piperidine rings is 1. The highest BCUT2D eigenvalue weighted by Gasteiger charge is 2.21. The summed E-state index contributed by atoms with van der Waals surface area (Å²) in [5.74, 6) is 0.870. The van der Waals surface area contributed by atoms with Crippen molar-refractivity contribution < 1.29 is 9.13 Å². The minimum absolute atomic E-state index is 0.408. The van der Waals surface area contributed by atoms with Crippen LogP contribution >= 0.6 is 0 Å². The molecule has 0 aromatic carbocycles. The van der Waals surface area contributed by atoms with Gasteiger partial charge < -0.3 is 9.64 Å². The molecule has 1 saturated heterocycles. The fourth-order valence-corrected chi connectivity index (χ4v) is 2.27. The Hall–Kier alpha value is -1.16. The van der Waals surface area contributed by atoms with Crippen LogP contribution < -0.4 is 4.90 Å². The third-order valence-electron chi connectivity index (χ3n) is 3.10. The van der Waals surface area contributed by atoms with Gasteiger partial charge in [-0.25, -0.2) is 4.98 Å². The molecule has 1 aromatic heterocycles. The third-order valence-corrected chi connectivity index (χ3v) is 3.10. The molecule has 0 amide bonds. The van der Waals surface area contributed by atoms with Crippen molar-refractivity contribution in [3.63, 3.8) is 0 Å². The van der Waals surface area contributed by atoms with Gasteiger partial charge in [0.2, 0.25) is 5.95 Å². The molecular formula is C13H19FN2O. The van der Waals surface area contributed by atoms with Crippen LogP contribution in [0.15, 0.2) is 18.2 Å². The highest BCUT2D eigenvalue weighted by molar-refractivity contribution is 5.38. The second-order valence-corrected chi connectivity index (χ2v) is 4.43. The Morgan fingerprint density at radius 2 is 2.41 bits per heavy atom. The molecule has 0 radical (unpaired) electrons. The van der Waals surface area contributed by atoms with E-state index in [0.29, 0.717) is 5.92 Å². The fourth-order valence-electron chi connectivity index (χ4n) is 2.27. The van der Waals surface area contributed by atoms with Crippen molar-refractivity contribution in [2.75, 3.05) is 31.2 Å². The molecule has 1 aromatic rings. The number of aromatic nitrogens is 1. The zero-order chi connectivity index (χ0) is 12.1. The number of hydrogen-bond acceptors (Lipinski definition) is 3. The maximum absolute atomic E-state index is 13.1. The van der Waals surface area contributed by atoms with Crippen molar-refractivity contribution >= 4 is 5.82 Å². The third kappa shape index (κ3) is 3.40. The van der Waals surface area contributed by atoms with Gasteiger partial charge in [-0.1, -0.05) is 6.07 Å². The first-order valence-electron chi connectivity index (χ1n) is 6.25. The van der Waals surface area contributed by atoms with E-state index in [1.165, 1.54) is 12.5 Å². The average Bonchev–Trinajstić information content (AvgIpc) is 2.37. The predicted octanol–water partition coefficient (Wildman–Crippen LogP) is 2.47. The lowest BCUT2D eigenvalue weighted by Crippen LogP contribution is -2.37. The second-order valence-electron chi connectivity index (χ2n) is 4.43. The van der Waals surface area contributed by atoms with Gasteiger partial charge in [0.15, 0.2) is 0 Å². The Bertz CT molecular complexity index is 359. The zero-order valence-corrected chi connectivity index (χ0v) is 10.2. The van der Waals surface area contributed by atoms with Crippen LogP contribution in [0, 0.1) is 11.9 Å². The normalized spacial score (nSPS) is 20.6. The van der Waals surface area contributed by atoms with Crippen molar-refractivity contribution in [1.29, 1.82) is 0 Å². The van der Waals surface area contributed by atoms with Crippen LogP contribution in [0.1, 0.15) is 19.8 Å². The summed E-state index contributed by atoms with van der Waals surface area (Å²) in [7, 11) is 0. The lowest BCUT2D eigenvalue weighted by atomic mass is 9.99. The summed E-state index contributed by atoms with van der Waals surface area (Å²) in [4.78, 5) is 6.08. The molecule has 4 heteroatoms. The lowest BCUT2D eigenvalue weighted by Gasteiger charge is -2.33. The summed E-state index contributed by atoms with van der Waals surface area (Å²) in [6.45, 7) is 5.43. The topological polar surface area (TPSA) is 25.4 Å². The molecule has 3 nitrogen and oxygen atoms in total. The molecule has 1 atom stereocenters. The van der Waals surface area contributed by atoms with Crippen LogP contribution in [-0.2, 0) is 4.74 Å². The average molecular weight is 238 g/mol. The first-order valence-corrected chi connectivity index (χ1v) is 6.25. The summed E-state index contributed by atoms with van der Waals surface area (Å²) in [6.07, 6.45) is 2.31. The zero-order valence-electron chi connectivity index (χ0n) is 10.2. The van der Waals surface area contributed by atoms with E-state index in [1.807, 2.05) is 13.0 Å². The smallest absolute Gasteiger partial charge is 0.214 e. The molecule has 1 unspecified atom stereocenters. The van der Waals surface area contributed by atoms with Crippen molar-refractivity contribution in [3.8, 4) is 0 Å². The van der Waals surface area contributed by atoms with Crippen LogP contribution in [0.4, 0.5) is 10.2 Å². The van der Waals surface area contributed by atoms with Crippen LogP contribution in [-0.4, -0.2) is 31.3 Å². The van der Waals surface area contributed by atoms with E-state index in [0.717, 1.165) is 38.5 Å². The maximum atomic E-state index is 13.1. The van der Waals surface area contributed by atoms with Crippen molar-refractivity contribution in [3.05, 3.63) is 24.1 Å². The van der Waals surface area contributed by atoms with Gasteiger partial charge in [-0.2, -0.15) is 4.39 Å². The summed E-state index contributed by atoms with van der Waals surface area (Å²) >= 11 is 0. The molecule has 94 valence electrons. The Balaban J connectivity index is 1.97. The first-order chi connectivity index (χ1) is 8.29. The molecule has 17 heavy (non-hydrogen) atoms. The van der Waals surface area contributed by atoms with E-state index in [4.69, 9.17) is 4.74 Å². The van der Waals surface area contributed by atoms with Crippen LogP contribution in [0.3, 0.4) is 0 Å². The number of hydrogen-bond donors (Lipinski definition) is 0. The van der Waals surface area contributed by atoms with E-state index in [1.54, 1.807) is 6.07 Å². The Morgan fingerprint density at radius 1 is 1.53 bits per heavy atom. The van der Waals surface area contributed by atoms with Gasteiger partial charge in [0, 0.05) is 19.7 Å². The lowest BCUT2D eigenvalue weighted by molar-refractivity contribution is 0.104. The second kappa shape index (κ2) is 5.96. The van der Waals surface area contributed by atoms with E-state index in [2.05, 4.69) is 9.88 Å². The van der Waals surface area contributed by atoms with Crippen molar-refractivity contribution in [1.82, 2.24) is 4.98 Å². The van der Waals surface area contributed by atoms with Gasteiger partial charge in [-0.3, -0.25) is 0 Å². The standard InChI is InChI=1S/C13H19FN2O/c1-2-17-10-11-5-4-8-16(9-11)13-7-3-6-12(14)15-13/h3,6-7,11H,2,4-5,8-10H2,1H3. The molecular weight excluding hydrogens is 219 g/mol. The quantitative estimate of drug-likeness (QED) is 0.753. The summed E-state index contributed by atoms with van der Waals surface area (Å²) in [5, 5.41) is 0. The minimum atomic E-state index is -0.408. The van der Waals surface area contributed by atoms with Crippen LogP contribution in [0.5, 0.6) is 0 Å². The fraction of sp³-hybridized carbons (Fsp3) is 0.615. The molecule has 0 N–H and O–H groups in total. The molecule has 0 aliphatic carbocycles. The van der Waals surface area contributed by atoms with Crippen LogP contribution in [0.25, 0.3) is 0 Å². The number of halogens is 1. The highest BCUT2D eigenvalue weighted by Crippen LogP contribution is 2.21. The summed E-state index contributed by atoms with van der Waals surface area (Å²) in [6, 6.07) is 4.96. The van der Waals surface area contributed by atoms with Gasteiger partial charge in [-0.15, -0.1) is 0 Å². The van der Waals surface area contributed by atoms with Gasteiger partial charge in [-0.05, 0) is 37.8 Å². The summed E-state index contributed by atoms with van der Waals surface area (Å²) in [5.41, 5.74) is 0. The molecule has 1 aliphatic rings. The summed E-state index contributed by atoms with van der Waals surface area (Å²) < 4.78 is 18.5. The SMILES string of the molecule is CCOCC1CCCN(c2cccc(F)n2)C1. The molecule has 0 saturated carbocycles. The van der Waals surface area contributed by atoms with E-state index in [9.17, 15) is 4.39 Å². The molecule has 0 bridgehead atoms. The monoisotopic (exact) mass is 238 g/mol. The molecule has 2 rings (SSSR count). The van der Waals surface area contributed by atoms with Gasteiger partial charge >= 0.3 is 0 Å². The van der Waals surface area contributed by atoms with Gasteiger partial charge in [0.1, 0.15) is 5.82 Å². The van der Waals surface area contributed by atoms with Crippen molar-refractivity contribution in [2.45, 2.75) is 19.8 Å². The number of anilines is 1. The van der Waals surface area contributed by atoms with Crippen LogP contribution in [0.2, 0.25) is 0 Å². The largest absolute Gasteiger partial charge is 0.381 e. The number of pyridine rings is 1. The van der Waals surface area contributed by atoms with Gasteiger partial charge in [0.25, 0.3) is 0 Å². The Labute approximate surface area is 102 Å². The minimum Gasteiger partial charge on any atom is -0.381 e. The Morgan fingerprint density at radius 3 is 3.18 bits per heavy atom. The predicted molar refractivity (Wildman–Crippen MR) is 65.6 cm³/mol. The van der Waals surface area contributed by atoms with E-state index in [-0.39, 0.29) is 0 Å².